The number of hydrogen-bond donors (Lipinski definition) is 0. The third kappa shape index (κ3) is 3.28. The summed E-state index contributed by atoms with van der Waals surface area (Å²) in [4.78, 5) is 7.84. The fraction of sp³-hybridized carbons (Fsp3) is 0.143. The average molecular weight is 342 g/mol. The molecular weight excluding hydrogens is 333 g/mol. The van der Waals surface area contributed by atoms with Crippen LogP contribution in [-0.2, 0) is 6.18 Å². The van der Waals surface area contributed by atoms with Gasteiger partial charge >= 0.3 is 6.18 Å². The van der Waals surface area contributed by atoms with E-state index in [1.807, 2.05) is 16.8 Å². The van der Waals surface area contributed by atoms with Crippen LogP contribution >= 0.6 is 22.7 Å². The molecule has 0 aromatic carbocycles. The van der Waals surface area contributed by atoms with Crippen LogP contribution in [0.1, 0.15) is 10.6 Å². The van der Waals surface area contributed by atoms with E-state index in [1.165, 1.54) is 16.7 Å². The van der Waals surface area contributed by atoms with Gasteiger partial charge in [-0.3, -0.25) is 0 Å². The first-order chi connectivity index (χ1) is 10.4. The first-order valence-corrected chi connectivity index (χ1v) is 7.96. The van der Waals surface area contributed by atoms with Gasteiger partial charge in [0.15, 0.2) is 5.82 Å². The quantitative estimate of drug-likeness (QED) is 0.640. The monoisotopic (exact) mass is 342 g/mol. The summed E-state index contributed by atoms with van der Waals surface area (Å²) in [7, 11) is 0. The van der Waals surface area contributed by atoms with Gasteiger partial charge in [-0.15, -0.1) is 11.3 Å². The zero-order valence-electron chi connectivity index (χ0n) is 11.2. The zero-order valence-corrected chi connectivity index (χ0v) is 12.9. The van der Waals surface area contributed by atoms with Gasteiger partial charge in [-0.05, 0) is 18.4 Å². The van der Waals surface area contributed by atoms with Crippen molar-refractivity contribution in [2.45, 2.75) is 13.1 Å². The fourth-order valence-electron chi connectivity index (χ4n) is 1.75. The molecule has 0 aliphatic heterocycles. The molecule has 3 aromatic rings. The van der Waals surface area contributed by atoms with Crippen molar-refractivity contribution in [1.82, 2.24) is 9.97 Å². The molecule has 0 saturated heterocycles. The highest BCUT2D eigenvalue weighted by atomic mass is 32.1. The van der Waals surface area contributed by atoms with Crippen LogP contribution in [0.25, 0.3) is 11.4 Å². The predicted molar refractivity (Wildman–Crippen MR) is 79.5 cm³/mol. The van der Waals surface area contributed by atoms with Crippen LogP contribution in [0.2, 0.25) is 0 Å². The molecule has 0 unspecified atom stereocenters. The molecule has 8 heteroatoms. The molecule has 0 spiro atoms. The number of hydrogen-bond acceptors (Lipinski definition) is 5. The van der Waals surface area contributed by atoms with Crippen molar-refractivity contribution in [2.75, 3.05) is 0 Å². The van der Waals surface area contributed by atoms with Crippen LogP contribution in [0.4, 0.5) is 13.2 Å². The Labute approximate surface area is 132 Å². The third-order valence-electron chi connectivity index (χ3n) is 2.69. The van der Waals surface area contributed by atoms with Crippen molar-refractivity contribution in [2.24, 2.45) is 0 Å². The maximum absolute atomic E-state index is 12.6. The molecule has 3 aromatic heterocycles. The summed E-state index contributed by atoms with van der Waals surface area (Å²) in [6.07, 6.45) is -4.37. The van der Waals surface area contributed by atoms with E-state index in [2.05, 4.69) is 9.97 Å². The van der Waals surface area contributed by atoms with Gasteiger partial charge in [0.05, 0.1) is 0 Å². The summed E-state index contributed by atoms with van der Waals surface area (Å²) in [6, 6.07) is 4.42. The molecule has 0 fully saturated rings. The first-order valence-electron chi connectivity index (χ1n) is 6.13. The molecule has 0 atom stereocenters. The van der Waals surface area contributed by atoms with Gasteiger partial charge < -0.3 is 4.74 Å². The van der Waals surface area contributed by atoms with Crippen molar-refractivity contribution < 1.29 is 17.9 Å². The van der Waals surface area contributed by atoms with E-state index in [-0.39, 0.29) is 11.6 Å². The number of halogens is 3. The SMILES string of the molecule is Cc1cc(Oc2csc(C(F)(F)F)c2)nc(-c2ccsc2)n1. The summed E-state index contributed by atoms with van der Waals surface area (Å²) in [5.41, 5.74) is 1.53. The maximum atomic E-state index is 12.6. The molecule has 0 bridgehead atoms. The standard InChI is InChI=1S/C14H9F3N2OS2/c1-8-4-12(19-13(18-8)9-2-3-21-6-9)20-10-5-11(22-7-10)14(15,16)17/h2-7H,1H3. The van der Waals surface area contributed by atoms with E-state index in [4.69, 9.17) is 4.74 Å². The maximum Gasteiger partial charge on any atom is 0.425 e. The van der Waals surface area contributed by atoms with Gasteiger partial charge in [-0.25, -0.2) is 4.98 Å². The molecule has 0 amide bonds. The van der Waals surface area contributed by atoms with Crippen LogP contribution in [0.5, 0.6) is 11.6 Å². The molecule has 0 aliphatic rings. The van der Waals surface area contributed by atoms with Crippen molar-refractivity contribution in [1.29, 1.82) is 0 Å². The highest BCUT2D eigenvalue weighted by molar-refractivity contribution is 7.10. The Morgan fingerprint density at radius 3 is 2.59 bits per heavy atom. The number of aromatic nitrogens is 2. The van der Waals surface area contributed by atoms with Crippen LogP contribution in [0.3, 0.4) is 0 Å². The van der Waals surface area contributed by atoms with E-state index in [0.29, 0.717) is 22.9 Å². The van der Waals surface area contributed by atoms with E-state index in [9.17, 15) is 13.2 Å². The summed E-state index contributed by atoms with van der Waals surface area (Å²) in [5, 5.41) is 5.10. The van der Waals surface area contributed by atoms with Crippen LogP contribution in [0.15, 0.2) is 34.3 Å². The minimum absolute atomic E-state index is 0.117. The second-order valence-electron chi connectivity index (χ2n) is 4.43. The van der Waals surface area contributed by atoms with Crippen molar-refractivity contribution in [3.8, 4) is 23.0 Å². The van der Waals surface area contributed by atoms with Gasteiger partial charge in [0, 0.05) is 34.2 Å². The lowest BCUT2D eigenvalue weighted by molar-refractivity contribution is -0.134. The Balaban J connectivity index is 1.88. The van der Waals surface area contributed by atoms with Crippen molar-refractivity contribution in [3.63, 3.8) is 0 Å². The number of nitrogens with zero attached hydrogens (tertiary/aromatic N) is 2. The molecule has 3 nitrogen and oxygen atoms in total. The highest BCUT2D eigenvalue weighted by Crippen LogP contribution is 2.37. The fourth-order valence-corrected chi connectivity index (χ4v) is 3.07. The van der Waals surface area contributed by atoms with Gasteiger partial charge in [-0.1, -0.05) is 0 Å². The predicted octanol–water partition coefficient (Wildman–Crippen LogP) is 5.39. The zero-order chi connectivity index (χ0) is 15.7. The van der Waals surface area contributed by atoms with Crippen LogP contribution in [-0.4, -0.2) is 9.97 Å². The molecule has 114 valence electrons. The van der Waals surface area contributed by atoms with Gasteiger partial charge in [0.2, 0.25) is 5.88 Å². The van der Waals surface area contributed by atoms with Gasteiger partial charge in [0.1, 0.15) is 10.6 Å². The van der Waals surface area contributed by atoms with Crippen molar-refractivity contribution in [3.05, 3.63) is 44.9 Å². The molecule has 3 heterocycles. The number of rotatable bonds is 3. The smallest absolute Gasteiger partial charge is 0.425 e. The summed E-state index contributed by atoms with van der Waals surface area (Å²) < 4.78 is 43.2. The molecular formula is C14H9F3N2OS2. The average Bonchev–Trinajstić information content (AvgIpc) is 3.08. The van der Waals surface area contributed by atoms with E-state index in [0.717, 1.165) is 11.6 Å². The first kappa shape index (κ1) is 15.0. The second-order valence-corrected chi connectivity index (χ2v) is 6.12. The molecule has 3 rings (SSSR count). The third-order valence-corrected chi connectivity index (χ3v) is 4.32. The lowest BCUT2D eigenvalue weighted by atomic mass is 10.3. The minimum Gasteiger partial charge on any atom is -0.438 e. The van der Waals surface area contributed by atoms with Crippen molar-refractivity contribution >= 4 is 22.7 Å². The number of aryl methyl sites for hydroxylation is 1. The lowest BCUT2D eigenvalue weighted by Gasteiger charge is -2.05. The van der Waals surface area contributed by atoms with E-state index < -0.39 is 11.1 Å². The largest absolute Gasteiger partial charge is 0.438 e. The Kier molecular flexibility index (Phi) is 3.88. The summed E-state index contributed by atoms with van der Waals surface area (Å²) in [5.74, 6) is 0.828. The van der Waals surface area contributed by atoms with E-state index in [1.54, 1.807) is 13.0 Å². The van der Waals surface area contributed by atoms with Gasteiger partial charge in [-0.2, -0.15) is 29.5 Å². The molecule has 22 heavy (non-hydrogen) atoms. The lowest BCUT2D eigenvalue weighted by Crippen LogP contribution is -2.00. The Morgan fingerprint density at radius 1 is 1.14 bits per heavy atom. The van der Waals surface area contributed by atoms with Gasteiger partial charge in [0.25, 0.3) is 0 Å². The summed E-state index contributed by atoms with van der Waals surface area (Å²) in [6.45, 7) is 1.78. The normalized spacial score (nSPS) is 11.6. The highest BCUT2D eigenvalue weighted by Gasteiger charge is 2.32. The Morgan fingerprint density at radius 2 is 1.95 bits per heavy atom. The topological polar surface area (TPSA) is 35.0 Å². The molecule has 0 N–H and O–H groups in total. The Bertz CT molecular complexity index is 782. The van der Waals surface area contributed by atoms with E-state index >= 15 is 0 Å². The summed E-state index contributed by atoms with van der Waals surface area (Å²) >= 11 is 2.10. The number of alkyl halides is 3. The molecule has 0 radical (unpaired) electrons. The number of thiophene rings is 2. The second kappa shape index (κ2) is 5.69. The minimum atomic E-state index is -4.37. The molecule has 0 aliphatic carbocycles. The Hall–Kier alpha value is -1.93. The van der Waals surface area contributed by atoms with Crippen LogP contribution < -0.4 is 4.74 Å². The van der Waals surface area contributed by atoms with Crippen LogP contribution in [0, 0.1) is 6.92 Å². The molecule has 0 saturated carbocycles. The number of ether oxygens (including phenoxy) is 1.